The maximum absolute atomic E-state index is 3.25. The van der Waals surface area contributed by atoms with Gasteiger partial charge in [0.2, 0.25) is 0 Å². The Labute approximate surface area is 41.6 Å². The van der Waals surface area contributed by atoms with Crippen molar-refractivity contribution in [2.45, 2.75) is 27.7 Å². The van der Waals surface area contributed by atoms with Gasteiger partial charge in [-0.2, -0.15) is 0 Å². The van der Waals surface area contributed by atoms with Crippen LogP contribution in [0.25, 0.3) is 0 Å². The van der Waals surface area contributed by atoms with Crippen LogP contribution >= 0.6 is 0 Å². The van der Waals surface area contributed by atoms with Gasteiger partial charge in [-0.1, -0.05) is 34.6 Å². The Morgan fingerprint density at radius 3 is 1.00 bits per heavy atom. The van der Waals surface area contributed by atoms with Gasteiger partial charge in [-0.15, -0.1) is 0 Å². The summed E-state index contributed by atoms with van der Waals surface area (Å²) >= 11 is 0. The van der Waals surface area contributed by atoms with Gasteiger partial charge in [0.15, 0.2) is 0 Å². The largest absolute Gasteiger partial charge is 0.0654 e. The Morgan fingerprint density at radius 2 is 1.00 bits per heavy atom. The van der Waals surface area contributed by atoms with Crippen LogP contribution in [0.4, 0.5) is 0 Å². The molecule has 0 nitrogen and oxygen atoms in total. The van der Waals surface area contributed by atoms with Crippen LogP contribution in [0.3, 0.4) is 0 Å². The third-order valence-corrected chi connectivity index (χ3v) is 0. The van der Waals surface area contributed by atoms with Crippen molar-refractivity contribution in [2.24, 2.45) is 0 Å². The Kier molecular flexibility index (Phi) is 13.9. The zero-order chi connectivity index (χ0) is 5.58. The summed E-state index contributed by atoms with van der Waals surface area (Å²) in [6, 6.07) is 0. The predicted molar refractivity (Wildman–Crippen MR) is 31.3 cm³/mol. The molecule has 38 valence electrons. The second-order valence-corrected chi connectivity index (χ2v) is 1.50. The molecule has 0 aromatic heterocycles. The molecule has 2 radical (unpaired) electrons. The van der Waals surface area contributed by atoms with Gasteiger partial charge in [0.1, 0.15) is 0 Å². The lowest BCUT2D eigenvalue weighted by Gasteiger charge is -1.78. The normalized spacial score (nSPS) is 7.00. The summed E-state index contributed by atoms with van der Waals surface area (Å²) in [5, 5.41) is 0. The molecule has 0 aliphatic heterocycles. The summed E-state index contributed by atoms with van der Waals surface area (Å²) in [7, 11) is 0. The summed E-state index contributed by atoms with van der Waals surface area (Å²) in [5.41, 5.74) is 0. The predicted octanol–water partition coefficient (Wildman–Crippen LogP) is 2.46. The first-order valence-electron chi connectivity index (χ1n) is 2.21. The molecule has 0 aliphatic carbocycles. The van der Waals surface area contributed by atoms with Gasteiger partial charge < -0.3 is 0 Å². The van der Waals surface area contributed by atoms with Crippen molar-refractivity contribution < 1.29 is 0 Å². The van der Waals surface area contributed by atoms with Crippen molar-refractivity contribution in [1.29, 1.82) is 0 Å². The second-order valence-electron chi connectivity index (χ2n) is 1.50. The summed E-state index contributed by atoms with van der Waals surface area (Å²) in [6.07, 6.45) is 0. The van der Waals surface area contributed by atoms with Crippen LogP contribution in [0.15, 0.2) is 0 Å². The molecule has 0 spiro atoms. The van der Waals surface area contributed by atoms with E-state index in [0.29, 0.717) is 0 Å². The van der Waals surface area contributed by atoms with E-state index in [1.165, 1.54) is 5.92 Å². The van der Waals surface area contributed by atoms with Crippen LogP contribution in [-0.4, -0.2) is 0 Å². The lowest BCUT2D eigenvalue weighted by atomic mass is 10.3. The van der Waals surface area contributed by atoms with E-state index < -0.39 is 0 Å². The molecule has 0 aromatic rings. The van der Waals surface area contributed by atoms with E-state index in [1.54, 1.807) is 6.92 Å². The van der Waals surface area contributed by atoms with Crippen LogP contribution in [-0.2, 0) is 0 Å². The Bertz CT molecular complexity index is 4.75. The van der Waals surface area contributed by atoms with Gasteiger partial charge in [0.05, 0.1) is 0 Å². The summed E-state index contributed by atoms with van der Waals surface area (Å²) < 4.78 is 0. The highest BCUT2D eigenvalue weighted by Gasteiger charge is 1.69. The molecule has 0 unspecified atom stereocenters. The van der Waals surface area contributed by atoms with Crippen LogP contribution < -0.4 is 0 Å². The van der Waals surface area contributed by atoms with Gasteiger partial charge in [-0.05, 0) is 5.92 Å². The molecular weight excluding hydrogens is 72.1 g/mol. The van der Waals surface area contributed by atoms with Crippen molar-refractivity contribution in [2.75, 3.05) is 0 Å². The van der Waals surface area contributed by atoms with Crippen LogP contribution in [0, 0.1) is 12.8 Å². The van der Waals surface area contributed by atoms with Gasteiger partial charge >= 0.3 is 0 Å². The highest BCUT2D eigenvalue weighted by atomic mass is 13.7. The molecule has 0 fully saturated rings. The third-order valence-electron chi connectivity index (χ3n) is 0. The van der Waals surface area contributed by atoms with E-state index in [4.69, 9.17) is 0 Å². The van der Waals surface area contributed by atoms with Gasteiger partial charge in [-0.3, -0.25) is 0 Å². The summed E-state index contributed by atoms with van der Waals surface area (Å²) in [4.78, 5) is 0. The van der Waals surface area contributed by atoms with E-state index >= 15 is 0 Å². The summed E-state index contributed by atoms with van der Waals surface area (Å²) in [6.45, 7) is 11.2. The topological polar surface area (TPSA) is 0 Å². The highest BCUT2D eigenvalue weighted by molar-refractivity contribution is 4.64. The first-order valence-corrected chi connectivity index (χ1v) is 2.21. The van der Waals surface area contributed by atoms with E-state index in [-0.39, 0.29) is 0 Å². The molecule has 0 amide bonds. The summed E-state index contributed by atoms with van der Waals surface area (Å²) in [5.74, 6) is 1.42. The average molecular weight is 86.2 g/mol. The van der Waals surface area contributed by atoms with Crippen molar-refractivity contribution in [3.05, 3.63) is 12.8 Å². The van der Waals surface area contributed by atoms with E-state index in [9.17, 15) is 0 Å². The Morgan fingerprint density at radius 1 is 1.00 bits per heavy atom. The van der Waals surface area contributed by atoms with Crippen molar-refractivity contribution in [3.63, 3.8) is 0 Å². The van der Waals surface area contributed by atoms with Crippen LogP contribution in [0.2, 0.25) is 0 Å². The molecule has 0 heterocycles. The lowest BCUT2D eigenvalue weighted by Crippen LogP contribution is -1.62. The minimum Gasteiger partial charge on any atom is -0.0654 e. The van der Waals surface area contributed by atoms with Crippen molar-refractivity contribution in [1.82, 2.24) is 0 Å². The molecule has 0 heteroatoms. The monoisotopic (exact) mass is 86.1 g/mol. The Balaban J connectivity index is 0. The minimum atomic E-state index is 1.42. The van der Waals surface area contributed by atoms with E-state index in [1.807, 2.05) is 0 Å². The maximum Gasteiger partial charge on any atom is -0.0334 e. The molecule has 0 saturated carbocycles. The molecule has 0 rings (SSSR count). The van der Waals surface area contributed by atoms with Crippen LogP contribution in [0.1, 0.15) is 27.7 Å². The van der Waals surface area contributed by atoms with E-state index in [0.717, 1.165) is 0 Å². The zero-order valence-corrected chi connectivity index (χ0v) is 5.21. The molecule has 0 N–H and O–H groups in total. The number of hydrogen-bond donors (Lipinski definition) is 0. The molecule has 0 aromatic carbocycles. The first kappa shape index (κ1) is 9.38. The fourth-order valence-corrected chi connectivity index (χ4v) is 0. The molecule has 0 saturated heterocycles. The van der Waals surface area contributed by atoms with Crippen molar-refractivity contribution in [3.8, 4) is 0 Å². The van der Waals surface area contributed by atoms with Gasteiger partial charge in [0, 0.05) is 0 Å². The van der Waals surface area contributed by atoms with Gasteiger partial charge in [0.25, 0.3) is 0 Å². The standard InChI is InChI=1S/C4H9.C2H5/c1-4(2)3;1-2/h1-3H3;1H2,2H3. The SMILES string of the molecule is C[C](C)C.[CH2]C. The molecule has 0 atom stereocenters. The fraction of sp³-hybridized carbons (Fsp3) is 0.667. The second kappa shape index (κ2) is 8.89. The lowest BCUT2D eigenvalue weighted by molar-refractivity contribution is 1.10. The minimum absolute atomic E-state index is 1.42. The average Bonchev–Trinajstić information content (AvgIpc) is 1.41. The quantitative estimate of drug-likeness (QED) is 0.425. The van der Waals surface area contributed by atoms with Crippen LogP contribution in [0.5, 0.6) is 0 Å². The Hall–Kier alpha value is 0. The number of rotatable bonds is 0. The molecule has 0 bridgehead atoms. The maximum atomic E-state index is 3.25. The molecular formula is C6H14. The van der Waals surface area contributed by atoms with Crippen molar-refractivity contribution >= 4 is 0 Å². The van der Waals surface area contributed by atoms with E-state index in [2.05, 4.69) is 27.7 Å². The third kappa shape index (κ3) is 0. The number of hydrogen-bond acceptors (Lipinski definition) is 0. The fourth-order valence-electron chi connectivity index (χ4n) is 0. The first-order chi connectivity index (χ1) is 2.73. The molecule has 0 aliphatic rings. The molecule has 6 heavy (non-hydrogen) atoms. The smallest absolute Gasteiger partial charge is 0.0334 e. The zero-order valence-electron chi connectivity index (χ0n) is 5.21. The van der Waals surface area contributed by atoms with Gasteiger partial charge in [-0.25, -0.2) is 0 Å². The highest BCUT2D eigenvalue weighted by Crippen LogP contribution is 1.85.